The lowest BCUT2D eigenvalue weighted by Crippen LogP contribution is -2.27. The first-order chi connectivity index (χ1) is 14.1. The number of aryl methyl sites for hydroxylation is 1. The second-order valence-electron chi connectivity index (χ2n) is 6.82. The molecular weight excluding hydrogens is 368 g/mol. The number of pyridine rings is 1. The van der Waals surface area contributed by atoms with Crippen molar-refractivity contribution in [3.05, 3.63) is 70.0 Å². The summed E-state index contributed by atoms with van der Waals surface area (Å²) in [6, 6.07) is 15.5. The van der Waals surface area contributed by atoms with Crippen molar-refractivity contribution in [1.82, 2.24) is 10.3 Å². The summed E-state index contributed by atoms with van der Waals surface area (Å²) >= 11 is 0. The third kappa shape index (κ3) is 5.16. The maximum absolute atomic E-state index is 12.4. The molecule has 1 amide bonds. The molecule has 3 aromatic rings. The second kappa shape index (κ2) is 9.78. The third-order valence-corrected chi connectivity index (χ3v) is 4.88. The topological polar surface area (TPSA) is 80.4 Å². The molecule has 2 aromatic carbocycles. The molecule has 0 saturated heterocycles. The monoisotopic (exact) mass is 394 g/mol. The highest BCUT2D eigenvalue weighted by Crippen LogP contribution is 2.31. The van der Waals surface area contributed by atoms with E-state index in [1.54, 1.807) is 32.4 Å². The van der Waals surface area contributed by atoms with Crippen molar-refractivity contribution in [2.75, 3.05) is 20.8 Å². The maximum Gasteiger partial charge on any atom is 0.251 e. The van der Waals surface area contributed by atoms with E-state index in [-0.39, 0.29) is 11.5 Å². The molecule has 0 atom stereocenters. The van der Waals surface area contributed by atoms with E-state index >= 15 is 0 Å². The molecule has 2 N–H and O–H groups in total. The predicted molar refractivity (Wildman–Crippen MR) is 114 cm³/mol. The number of aromatic amines is 1. The van der Waals surface area contributed by atoms with Crippen LogP contribution in [0.5, 0.6) is 11.5 Å². The largest absolute Gasteiger partial charge is 0.496 e. The van der Waals surface area contributed by atoms with Crippen LogP contribution >= 0.6 is 0 Å². The molecule has 1 heterocycles. The maximum atomic E-state index is 12.4. The van der Waals surface area contributed by atoms with Crippen LogP contribution in [0.25, 0.3) is 10.9 Å². The van der Waals surface area contributed by atoms with E-state index in [0.717, 1.165) is 18.2 Å². The minimum absolute atomic E-state index is 0.00241. The first-order valence-corrected chi connectivity index (χ1v) is 9.70. The number of nitrogens with one attached hydrogen (secondary N) is 2. The first-order valence-electron chi connectivity index (χ1n) is 9.70. The van der Waals surface area contributed by atoms with Crippen molar-refractivity contribution in [1.29, 1.82) is 0 Å². The molecule has 0 aliphatic carbocycles. The van der Waals surface area contributed by atoms with E-state index in [2.05, 4.69) is 22.4 Å². The number of hydrogen-bond donors (Lipinski definition) is 2. The van der Waals surface area contributed by atoms with Gasteiger partial charge < -0.3 is 19.8 Å². The highest BCUT2D eigenvalue weighted by Gasteiger charge is 2.12. The third-order valence-electron chi connectivity index (χ3n) is 4.88. The normalized spacial score (nSPS) is 10.7. The number of amides is 1. The number of methoxy groups -OCH3 is 2. The molecule has 0 bridgehead atoms. The Hall–Kier alpha value is -3.28. The molecule has 29 heavy (non-hydrogen) atoms. The number of carbonyl (C=O) groups is 1. The Morgan fingerprint density at radius 2 is 1.72 bits per heavy atom. The number of benzene rings is 2. The van der Waals surface area contributed by atoms with Gasteiger partial charge in [0.25, 0.3) is 5.56 Å². The van der Waals surface area contributed by atoms with Gasteiger partial charge in [-0.2, -0.15) is 0 Å². The van der Waals surface area contributed by atoms with Crippen LogP contribution in [0.2, 0.25) is 0 Å². The van der Waals surface area contributed by atoms with Crippen LogP contribution in [-0.4, -0.2) is 31.7 Å². The lowest BCUT2D eigenvalue weighted by Gasteiger charge is -2.11. The fourth-order valence-corrected chi connectivity index (χ4v) is 3.34. The van der Waals surface area contributed by atoms with Crippen LogP contribution < -0.4 is 20.3 Å². The number of rotatable bonds is 9. The zero-order valence-corrected chi connectivity index (χ0v) is 16.8. The van der Waals surface area contributed by atoms with Crippen molar-refractivity contribution >= 4 is 16.8 Å². The Morgan fingerprint density at radius 1 is 1.00 bits per heavy atom. The molecule has 0 saturated carbocycles. The molecule has 1 aromatic heterocycles. The van der Waals surface area contributed by atoms with Gasteiger partial charge in [0, 0.05) is 23.9 Å². The summed E-state index contributed by atoms with van der Waals surface area (Å²) in [5.74, 6) is 1.23. The Kier molecular flexibility index (Phi) is 6.89. The van der Waals surface area contributed by atoms with Gasteiger partial charge in [0.2, 0.25) is 5.91 Å². The van der Waals surface area contributed by atoms with Gasteiger partial charge >= 0.3 is 0 Å². The van der Waals surface area contributed by atoms with E-state index in [9.17, 15) is 9.59 Å². The van der Waals surface area contributed by atoms with Crippen LogP contribution in [0.1, 0.15) is 24.0 Å². The molecule has 0 aliphatic rings. The van der Waals surface area contributed by atoms with Gasteiger partial charge in [-0.3, -0.25) is 9.59 Å². The first kappa shape index (κ1) is 20.5. The summed E-state index contributed by atoms with van der Waals surface area (Å²) in [5, 5.41) is 3.67. The zero-order chi connectivity index (χ0) is 20.6. The highest BCUT2D eigenvalue weighted by molar-refractivity contribution is 5.90. The molecule has 0 radical (unpaired) electrons. The zero-order valence-electron chi connectivity index (χ0n) is 16.8. The van der Waals surface area contributed by atoms with E-state index < -0.39 is 0 Å². The summed E-state index contributed by atoms with van der Waals surface area (Å²) in [6.07, 6.45) is 2.58. The Labute approximate surface area is 169 Å². The van der Waals surface area contributed by atoms with Crippen molar-refractivity contribution in [2.24, 2.45) is 0 Å². The van der Waals surface area contributed by atoms with Gasteiger partial charge in [0.05, 0.1) is 19.7 Å². The van der Waals surface area contributed by atoms with E-state index in [1.807, 2.05) is 18.2 Å². The molecule has 152 valence electrons. The van der Waals surface area contributed by atoms with Gasteiger partial charge in [-0.1, -0.05) is 30.3 Å². The number of fused-ring (bicyclic) bond motifs is 1. The quantitative estimate of drug-likeness (QED) is 0.584. The van der Waals surface area contributed by atoms with Crippen LogP contribution in [0, 0.1) is 0 Å². The van der Waals surface area contributed by atoms with Crippen LogP contribution in [-0.2, 0) is 17.6 Å². The number of ether oxygens (including phenoxy) is 2. The second-order valence-corrected chi connectivity index (χ2v) is 6.82. The Balaban J connectivity index is 1.58. The van der Waals surface area contributed by atoms with Crippen molar-refractivity contribution in [2.45, 2.75) is 25.7 Å². The fourth-order valence-electron chi connectivity index (χ4n) is 3.34. The molecule has 0 unspecified atom stereocenters. The van der Waals surface area contributed by atoms with Gasteiger partial charge in [-0.15, -0.1) is 0 Å². The summed E-state index contributed by atoms with van der Waals surface area (Å²) in [4.78, 5) is 27.4. The molecule has 6 nitrogen and oxygen atoms in total. The fraction of sp³-hybridized carbons (Fsp3) is 0.304. The molecule has 0 spiro atoms. The summed E-state index contributed by atoms with van der Waals surface area (Å²) in [5.41, 5.74) is 2.23. The van der Waals surface area contributed by atoms with Gasteiger partial charge in [0.1, 0.15) is 11.5 Å². The smallest absolute Gasteiger partial charge is 0.251 e. The molecule has 3 rings (SSSR count). The van der Waals surface area contributed by atoms with Crippen LogP contribution in [0.15, 0.2) is 53.3 Å². The number of carbonyl (C=O) groups excluding carboxylic acids is 1. The van der Waals surface area contributed by atoms with Gasteiger partial charge in [0.15, 0.2) is 0 Å². The lowest BCUT2D eigenvalue weighted by molar-refractivity contribution is -0.121. The average molecular weight is 394 g/mol. The summed E-state index contributed by atoms with van der Waals surface area (Å²) in [7, 11) is 3.14. The standard InChI is InChI=1S/C23H26N2O4/c1-28-19-11-12-20(29-2)22-18(19)15-17(23(27)25-22)13-14-24-21(26)10-6-9-16-7-4-3-5-8-16/h3-5,7-8,11-12,15H,6,9-10,13-14H2,1-2H3,(H,24,26)(H,25,27). The Morgan fingerprint density at radius 3 is 2.45 bits per heavy atom. The summed E-state index contributed by atoms with van der Waals surface area (Å²) in [6.45, 7) is 0.408. The Bertz CT molecular complexity index is 1030. The minimum atomic E-state index is -0.192. The predicted octanol–water partition coefficient (Wildman–Crippen LogP) is 3.23. The molecular formula is C23H26N2O4. The van der Waals surface area contributed by atoms with E-state index in [1.165, 1.54) is 5.56 Å². The SMILES string of the molecule is COc1ccc(OC)c2[nH]c(=O)c(CCNC(=O)CCCc3ccccc3)cc12. The lowest BCUT2D eigenvalue weighted by atomic mass is 10.1. The number of H-pyrrole nitrogens is 1. The van der Waals surface area contributed by atoms with Crippen LogP contribution in [0.4, 0.5) is 0 Å². The molecule has 0 fully saturated rings. The molecule has 6 heteroatoms. The number of aromatic nitrogens is 1. The average Bonchev–Trinajstić information content (AvgIpc) is 2.74. The highest BCUT2D eigenvalue weighted by atomic mass is 16.5. The van der Waals surface area contributed by atoms with Crippen LogP contribution in [0.3, 0.4) is 0 Å². The van der Waals surface area contributed by atoms with Gasteiger partial charge in [-0.25, -0.2) is 0 Å². The molecule has 0 aliphatic heterocycles. The van der Waals surface area contributed by atoms with E-state index in [4.69, 9.17) is 9.47 Å². The van der Waals surface area contributed by atoms with Crippen molar-refractivity contribution in [3.63, 3.8) is 0 Å². The summed E-state index contributed by atoms with van der Waals surface area (Å²) < 4.78 is 10.7. The van der Waals surface area contributed by atoms with Crippen molar-refractivity contribution < 1.29 is 14.3 Å². The minimum Gasteiger partial charge on any atom is -0.496 e. The van der Waals surface area contributed by atoms with E-state index in [0.29, 0.717) is 42.0 Å². The van der Waals surface area contributed by atoms with Crippen molar-refractivity contribution in [3.8, 4) is 11.5 Å². The number of hydrogen-bond acceptors (Lipinski definition) is 4. The van der Waals surface area contributed by atoms with Gasteiger partial charge in [-0.05, 0) is 43.0 Å².